The number of nitrogens with zero attached hydrogens (tertiary/aromatic N) is 3. The Hall–Kier alpha value is -2.29. The van der Waals surface area contributed by atoms with Gasteiger partial charge in [-0.2, -0.15) is 5.10 Å². The number of nitrogens with one attached hydrogen (secondary N) is 1. The Labute approximate surface area is 167 Å². The highest BCUT2D eigenvalue weighted by Gasteiger charge is 2.26. The largest absolute Gasteiger partial charge is 0.491 e. The zero-order chi connectivity index (χ0) is 20.1. The monoisotopic (exact) mass is 410 g/mol. The Morgan fingerprint density at radius 3 is 2.79 bits per heavy atom. The van der Waals surface area contributed by atoms with Gasteiger partial charge < -0.3 is 14.2 Å². The Bertz CT molecular complexity index is 875. The Morgan fingerprint density at radius 2 is 2.11 bits per heavy atom. The molecule has 1 saturated heterocycles. The van der Waals surface area contributed by atoms with Crippen LogP contribution in [0.1, 0.15) is 44.3 Å². The Morgan fingerprint density at radius 1 is 1.36 bits per heavy atom. The zero-order valence-electron chi connectivity index (χ0n) is 15.8. The van der Waals surface area contributed by atoms with Crippen LogP contribution in [0, 0.1) is 16.4 Å². The van der Waals surface area contributed by atoms with Crippen molar-refractivity contribution in [2.24, 2.45) is 0 Å². The van der Waals surface area contributed by atoms with Gasteiger partial charge in [-0.05, 0) is 50.5 Å². The smallest absolute Gasteiger partial charge is 0.222 e. The molecule has 1 aliphatic rings. The summed E-state index contributed by atoms with van der Waals surface area (Å²) in [5, 5.41) is 7.20. The van der Waals surface area contributed by atoms with E-state index in [2.05, 4.69) is 10.2 Å². The van der Waals surface area contributed by atoms with Gasteiger partial charge in [0.15, 0.2) is 16.3 Å². The van der Waals surface area contributed by atoms with Crippen molar-refractivity contribution in [3.8, 4) is 5.75 Å². The van der Waals surface area contributed by atoms with Crippen molar-refractivity contribution in [2.45, 2.75) is 45.1 Å². The topological polar surface area (TPSA) is 63.1 Å². The van der Waals surface area contributed by atoms with Crippen LogP contribution in [0.2, 0.25) is 0 Å². The molecule has 3 rings (SSSR count). The summed E-state index contributed by atoms with van der Waals surface area (Å²) in [6.45, 7) is 4.38. The summed E-state index contributed by atoms with van der Waals surface area (Å²) < 4.78 is 34.3. The molecule has 9 heteroatoms. The number of carbonyl (C=O) groups is 1. The molecule has 1 amide bonds. The van der Waals surface area contributed by atoms with E-state index in [1.165, 1.54) is 6.07 Å². The maximum atomic E-state index is 13.5. The summed E-state index contributed by atoms with van der Waals surface area (Å²) in [5.41, 5.74) is 0. The molecule has 1 N–H and O–H groups in total. The van der Waals surface area contributed by atoms with Crippen LogP contribution in [0.5, 0.6) is 5.75 Å². The fourth-order valence-corrected chi connectivity index (χ4v) is 3.76. The average molecular weight is 410 g/mol. The molecule has 0 spiro atoms. The van der Waals surface area contributed by atoms with Crippen LogP contribution in [0.3, 0.4) is 0 Å². The molecule has 2 aromatic rings. The van der Waals surface area contributed by atoms with Crippen molar-refractivity contribution in [3.63, 3.8) is 0 Å². The Kier molecular flexibility index (Phi) is 6.77. The first-order valence-corrected chi connectivity index (χ1v) is 9.91. The van der Waals surface area contributed by atoms with Crippen LogP contribution in [0.4, 0.5) is 8.78 Å². The summed E-state index contributed by atoms with van der Waals surface area (Å²) >= 11 is 5.24. The number of rotatable bonds is 7. The number of benzene rings is 1. The molecule has 1 aromatic heterocycles. The highest BCUT2D eigenvalue weighted by atomic mass is 32.1. The first-order chi connectivity index (χ1) is 13.5. The molecule has 152 valence electrons. The summed E-state index contributed by atoms with van der Waals surface area (Å²) in [6, 6.07) is 3.18. The van der Waals surface area contributed by atoms with Crippen LogP contribution >= 0.6 is 12.2 Å². The van der Waals surface area contributed by atoms with Crippen molar-refractivity contribution in [2.75, 3.05) is 19.7 Å². The second kappa shape index (κ2) is 9.27. The van der Waals surface area contributed by atoms with Crippen LogP contribution in [0.25, 0.3) is 0 Å². The second-order valence-electron chi connectivity index (χ2n) is 6.81. The van der Waals surface area contributed by atoms with Crippen LogP contribution < -0.4 is 4.74 Å². The number of amides is 1. The van der Waals surface area contributed by atoms with Crippen LogP contribution in [0.15, 0.2) is 18.2 Å². The van der Waals surface area contributed by atoms with Crippen molar-refractivity contribution >= 4 is 18.1 Å². The number of aromatic amines is 1. The number of piperidine rings is 1. The van der Waals surface area contributed by atoms with E-state index in [0.29, 0.717) is 36.6 Å². The SMILES string of the molecule is CCn1c(C2CCN(C(=O)CCCOc3ccc(F)cc3F)CC2)n[nH]c1=S. The van der Waals surface area contributed by atoms with Gasteiger partial charge in [0.1, 0.15) is 11.6 Å². The van der Waals surface area contributed by atoms with Crippen molar-refractivity contribution in [3.05, 3.63) is 40.4 Å². The minimum Gasteiger partial charge on any atom is -0.491 e. The summed E-state index contributed by atoms with van der Waals surface area (Å²) in [5.74, 6) is -0.0592. The van der Waals surface area contributed by atoms with Gasteiger partial charge >= 0.3 is 0 Å². The normalized spacial score (nSPS) is 15.0. The molecule has 0 saturated carbocycles. The third-order valence-electron chi connectivity index (χ3n) is 5.00. The summed E-state index contributed by atoms with van der Waals surface area (Å²) in [7, 11) is 0. The lowest BCUT2D eigenvalue weighted by Crippen LogP contribution is -2.38. The van der Waals surface area contributed by atoms with E-state index in [0.717, 1.165) is 37.3 Å². The van der Waals surface area contributed by atoms with Crippen molar-refractivity contribution in [1.29, 1.82) is 0 Å². The average Bonchev–Trinajstić information content (AvgIpc) is 3.07. The van der Waals surface area contributed by atoms with E-state index in [4.69, 9.17) is 17.0 Å². The molecule has 28 heavy (non-hydrogen) atoms. The van der Waals surface area contributed by atoms with Gasteiger partial charge in [0.05, 0.1) is 6.61 Å². The molecule has 0 atom stereocenters. The summed E-state index contributed by atoms with van der Waals surface area (Å²) in [6.07, 6.45) is 2.51. The number of halogens is 2. The van der Waals surface area contributed by atoms with E-state index < -0.39 is 11.6 Å². The molecule has 1 aromatic carbocycles. The van der Waals surface area contributed by atoms with Gasteiger partial charge in [0.2, 0.25) is 5.91 Å². The van der Waals surface area contributed by atoms with E-state index in [1.807, 2.05) is 16.4 Å². The number of hydrogen-bond acceptors (Lipinski definition) is 4. The molecule has 0 radical (unpaired) electrons. The van der Waals surface area contributed by atoms with E-state index in [1.54, 1.807) is 0 Å². The fraction of sp³-hybridized carbons (Fsp3) is 0.526. The highest BCUT2D eigenvalue weighted by molar-refractivity contribution is 7.71. The van der Waals surface area contributed by atoms with Gasteiger partial charge in [-0.1, -0.05) is 0 Å². The summed E-state index contributed by atoms with van der Waals surface area (Å²) in [4.78, 5) is 14.2. The van der Waals surface area contributed by atoms with Gasteiger partial charge in [0.25, 0.3) is 0 Å². The van der Waals surface area contributed by atoms with Gasteiger partial charge in [0, 0.05) is 38.0 Å². The lowest BCUT2D eigenvalue weighted by Gasteiger charge is -2.31. The van der Waals surface area contributed by atoms with Crippen LogP contribution in [-0.4, -0.2) is 45.3 Å². The van der Waals surface area contributed by atoms with Gasteiger partial charge in [-0.3, -0.25) is 9.89 Å². The predicted molar refractivity (Wildman–Crippen MR) is 103 cm³/mol. The van der Waals surface area contributed by atoms with Crippen molar-refractivity contribution < 1.29 is 18.3 Å². The first kappa shape index (κ1) is 20.4. The Balaban J connectivity index is 1.42. The minimum absolute atomic E-state index is 0.000922. The number of carbonyl (C=O) groups excluding carboxylic acids is 1. The molecule has 0 unspecified atom stereocenters. The third kappa shape index (κ3) is 4.76. The third-order valence-corrected chi connectivity index (χ3v) is 5.31. The second-order valence-corrected chi connectivity index (χ2v) is 7.20. The number of hydrogen-bond donors (Lipinski definition) is 1. The number of aromatic nitrogens is 3. The lowest BCUT2D eigenvalue weighted by atomic mass is 9.95. The molecule has 1 fully saturated rings. The molecule has 0 bridgehead atoms. The molecule has 6 nitrogen and oxygen atoms in total. The molecule has 2 heterocycles. The first-order valence-electron chi connectivity index (χ1n) is 9.50. The quantitative estimate of drug-likeness (QED) is 0.557. The lowest BCUT2D eigenvalue weighted by molar-refractivity contribution is -0.132. The number of likely N-dealkylation sites (tertiary alicyclic amines) is 1. The molecule has 0 aliphatic carbocycles. The standard InChI is InChI=1S/C19H24F2N4O2S/c1-2-25-18(22-23-19(25)28)13-7-9-24(10-8-13)17(26)4-3-11-27-16-6-5-14(20)12-15(16)21/h5-6,12-13H,2-4,7-11H2,1H3,(H,23,28). The van der Waals surface area contributed by atoms with E-state index in [9.17, 15) is 13.6 Å². The number of H-pyrrole nitrogens is 1. The van der Waals surface area contributed by atoms with Crippen molar-refractivity contribution in [1.82, 2.24) is 19.7 Å². The maximum Gasteiger partial charge on any atom is 0.222 e. The number of ether oxygens (including phenoxy) is 1. The molecular formula is C19H24F2N4O2S. The zero-order valence-corrected chi connectivity index (χ0v) is 16.6. The molecular weight excluding hydrogens is 386 g/mol. The maximum absolute atomic E-state index is 13.5. The fourth-order valence-electron chi connectivity index (χ4n) is 3.49. The van der Waals surface area contributed by atoms with Crippen LogP contribution in [-0.2, 0) is 11.3 Å². The van der Waals surface area contributed by atoms with E-state index >= 15 is 0 Å². The van der Waals surface area contributed by atoms with E-state index in [-0.39, 0.29) is 18.3 Å². The minimum atomic E-state index is -0.738. The highest BCUT2D eigenvalue weighted by Crippen LogP contribution is 2.27. The van der Waals surface area contributed by atoms with Gasteiger partial charge in [-0.15, -0.1) is 0 Å². The van der Waals surface area contributed by atoms with Gasteiger partial charge in [-0.25, -0.2) is 8.78 Å². The molecule has 1 aliphatic heterocycles. The predicted octanol–water partition coefficient (Wildman–Crippen LogP) is 3.80.